The van der Waals surface area contributed by atoms with Gasteiger partial charge in [0.05, 0.1) is 18.0 Å². The number of aromatic nitrogens is 1. The first-order valence-electron chi connectivity index (χ1n) is 10.6. The van der Waals surface area contributed by atoms with E-state index in [1.54, 1.807) is 0 Å². The standard InChI is InChI=1S/C24H26BrN3O3S/c1-16-11-28(12-17(2)31-16)24(30)14-27-13-22(20-5-3-4-6-21(20)27)32-15-23(29)26-19-9-7-18(25)8-10-19/h3-10,13,16-17H,11-12,14-15H2,1-2H3,(H,26,29)/t16-,17-/m1/s1. The summed E-state index contributed by atoms with van der Waals surface area (Å²) in [7, 11) is 0. The Morgan fingerprint density at radius 2 is 1.78 bits per heavy atom. The normalized spacial score (nSPS) is 18.7. The van der Waals surface area contributed by atoms with Gasteiger partial charge in [-0.3, -0.25) is 9.59 Å². The van der Waals surface area contributed by atoms with Crippen molar-refractivity contribution in [2.75, 3.05) is 24.2 Å². The van der Waals surface area contributed by atoms with Gasteiger partial charge in [-0.05, 0) is 44.2 Å². The maximum atomic E-state index is 13.0. The van der Waals surface area contributed by atoms with E-state index in [9.17, 15) is 9.59 Å². The van der Waals surface area contributed by atoms with Crippen LogP contribution in [-0.2, 0) is 20.9 Å². The lowest BCUT2D eigenvalue weighted by Crippen LogP contribution is -2.49. The Labute approximate surface area is 200 Å². The fourth-order valence-electron chi connectivity index (χ4n) is 3.96. The third kappa shape index (κ3) is 5.54. The molecule has 1 aliphatic heterocycles. The minimum Gasteiger partial charge on any atom is -0.372 e. The van der Waals surface area contributed by atoms with Crippen molar-refractivity contribution in [2.24, 2.45) is 0 Å². The quantitative estimate of drug-likeness (QED) is 0.480. The Kier molecular flexibility index (Phi) is 7.23. The molecule has 0 bridgehead atoms. The highest BCUT2D eigenvalue weighted by molar-refractivity contribution is 9.10. The van der Waals surface area contributed by atoms with Gasteiger partial charge in [-0.25, -0.2) is 0 Å². The second kappa shape index (κ2) is 10.1. The number of amides is 2. The van der Waals surface area contributed by atoms with Crippen molar-refractivity contribution in [3.63, 3.8) is 0 Å². The van der Waals surface area contributed by atoms with Gasteiger partial charge in [-0.1, -0.05) is 34.1 Å². The molecule has 1 aromatic heterocycles. The zero-order valence-corrected chi connectivity index (χ0v) is 20.5. The second-order valence-electron chi connectivity index (χ2n) is 8.04. The zero-order valence-electron chi connectivity index (χ0n) is 18.1. The van der Waals surface area contributed by atoms with Crippen LogP contribution in [0.25, 0.3) is 10.9 Å². The number of fused-ring (bicyclic) bond motifs is 1. The average molecular weight is 516 g/mol. The van der Waals surface area contributed by atoms with Gasteiger partial charge in [-0.15, -0.1) is 11.8 Å². The Morgan fingerprint density at radius 3 is 2.50 bits per heavy atom. The van der Waals surface area contributed by atoms with Crippen LogP contribution in [0, 0.1) is 0 Å². The van der Waals surface area contributed by atoms with Gasteiger partial charge in [0.2, 0.25) is 11.8 Å². The van der Waals surface area contributed by atoms with E-state index in [-0.39, 0.29) is 36.3 Å². The second-order valence-corrected chi connectivity index (χ2v) is 9.97. The molecular weight excluding hydrogens is 490 g/mol. The van der Waals surface area contributed by atoms with Gasteiger partial charge in [0.1, 0.15) is 6.54 Å². The van der Waals surface area contributed by atoms with Gasteiger partial charge in [-0.2, -0.15) is 0 Å². The summed E-state index contributed by atoms with van der Waals surface area (Å²) in [6, 6.07) is 15.5. The number of anilines is 1. The lowest BCUT2D eigenvalue weighted by Gasteiger charge is -2.35. The number of rotatable bonds is 6. The largest absolute Gasteiger partial charge is 0.372 e. The van der Waals surface area contributed by atoms with Gasteiger partial charge < -0.3 is 19.5 Å². The monoisotopic (exact) mass is 515 g/mol. The molecule has 1 fully saturated rings. The molecule has 6 nitrogen and oxygen atoms in total. The number of carbonyl (C=O) groups excluding carboxylic acids is 2. The van der Waals surface area contributed by atoms with Crippen molar-refractivity contribution in [3.05, 3.63) is 59.2 Å². The predicted octanol–water partition coefficient (Wildman–Crippen LogP) is 4.77. The number of carbonyl (C=O) groups is 2. The number of hydrogen-bond donors (Lipinski definition) is 1. The van der Waals surface area contributed by atoms with Crippen LogP contribution < -0.4 is 5.32 Å². The molecule has 2 atom stereocenters. The molecule has 8 heteroatoms. The fourth-order valence-corrected chi connectivity index (χ4v) is 5.11. The molecule has 4 rings (SSSR count). The number of halogens is 1. The van der Waals surface area contributed by atoms with E-state index in [1.807, 2.05) is 78.0 Å². The van der Waals surface area contributed by atoms with E-state index in [1.165, 1.54) is 11.8 Å². The topological polar surface area (TPSA) is 63.6 Å². The summed E-state index contributed by atoms with van der Waals surface area (Å²) in [5.41, 5.74) is 1.76. The van der Waals surface area contributed by atoms with E-state index < -0.39 is 0 Å². The van der Waals surface area contributed by atoms with Crippen LogP contribution in [0.4, 0.5) is 5.69 Å². The van der Waals surface area contributed by atoms with Crippen LogP contribution in [-0.4, -0.2) is 52.3 Å². The van der Waals surface area contributed by atoms with Crippen molar-refractivity contribution in [1.82, 2.24) is 9.47 Å². The van der Waals surface area contributed by atoms with E-state index in [2.05, 4.69) is 21.2 Å². The summed E-state index contributed by atoms with van der Waals surface area (Å²) in [5, 5.41) is 3.96. The fraction of sp³-hybridized carbons (Fsp3) is 0.333. The number of hydrogen-bond acceptors (Lipinski definition) is 4. The SMILES string of the molecule is C[C@@H]1CN(C(=O)Cn2cc(SCC(=O)Nc3ccc(Br)cc3)c3ccccc32)C[C@@H](C)O1. The van der Waals surface area contributed by atoms with E-state index in [0.29, 0.717) is 13.1 Å². The molecule has 1 saturated heterocycles. The number of thioether (sulfide) groups is 1. The summed E-state index contributed by atoms with van der Waals surface area (Å²) >= 11 is 4.87. The molecule has 2 amide bonds. The molecule has 0 radical (unpaired) electrons. The summed E-state index contributed by atoms with van der Waals surface area (Å²) < 4.78 is 8.70. The predicted molar refractivity (Wildman–Crippen MR) is 132 cm³/mol. The molecule has 1 N–H and O–H groups in total. The molecule has 168 valence electrons. The van der Waals surface area contributed by atoms with Crippen LogP contribution in [0.1, 0.15) is 13.8 Å². The third-order valence-electron chi connectivity index (χ3n) is 5.32. The summed E-state index contributed by atoms with van der Waals surface area (Å²) in [4.78, 5) is 28.3. The highest BCUT2D eigenvalue weighted by atomic mass is 79.9. The smallest absolute Gasteiger partial charge is 0.242 e. The van der Waals surface area contributed by atoms with Crippen LogP contribution in [0.5, 0.6) is 0 Å². The highest BCUT2D eigenvalue weighted by Crippen LogP contribution is 2.30. The van der Waals surface area contributed by atoms with Crippen molar-refractivity contribution < 1.29 is 14.3 Å². The summed E-state index contributed by atoms with van der Waals surface area (Å²) in [6.07, 6.45) is 2.06. The number of morpholine rings is 1. The molecule has 0 unspecified atom stereocenters. The molecule has 2 aromatic carbocycles. The minimum atomic E-state index is -0.0680. The van der Waals surface area contributed by atoms with Crippen LogP contribution in [0.15, 0.2) is 64.1 Å². The van der Waals surface area contributed by atoms with Crippen molar-refractivity contribution in [3.8, 4) is 0 Å². The number of para-hydroxylation sites is 1. The van der Waals surface area contributed by atoms with E-state index >= 15 is 0 Å². The van der Waals surface area contributed by atoms with Crippen LogP contribution >= 0.6 is 27.7 Å². The van der Waals surface area contributed by atoms with Gasteiger partial charge >= 0.3 is 0 Å². The third-order valence-corrected chi connectivity index (χ3v) is 6.89. The van der Waals surface area contributed by atoms with Crippen molar-refractivity contribution in [1.29, 1.82) is 0 Å². The molecule has 0 saturated carbocycles. The Morgan fingerprint density at radius 1 is 1.09 bits per heavy atom. The molecule has 1 aliphatic rings. The van der Waals surface area contributed by atoms with Crippen molar-refractivity contribution in [2.45, 2.75) is 37.5 Å². The van der Waals surface area contributed by atoms with E-state index in [0.717, 1.165) is 26.0 Å². The Hall–Kier alpha value is -2.29. The summed E-state index contributed by atoms with van der Waals surface area (Å²) in [6.45, 7) is 5.48. The van der Waals surface area contributed by atoms with Crippen LogP contribution in [0.3, 0.4) is 0 Å². The highest BCUT2D eigenvalue weighted by Gasteiger charge is 2.26. The first kappa shape index (κ1) is 22.9. The lowest BCUT2D eigenvalue weighted by molar-refractivity contribution is -0.143. The maximum absolute atomic E-state index is 13.0. The van der Waals surface area contributed by atoms with Gasteiger partial charge in [0.15, 0.2) is 0 Å². The summed E-state index contributed by atoms with van der Waals surface area (Å²) in [5.74, 6) is 0.301. The Bertz CT molecular complexity index is 1110. The first-order chi connectivity index (χ1) is 15.4. The molecule has 0 spiro atoms. The Balaban J connectivity index is 1.44. The number of nitrogens with one attached hydrogen (secondary N) is 1. The first-order valence-corrected chi connectivity index (χ1v) is 12.4. The number of nitrogens with zero attached hydrogens (tertiary/aromatic N) is 2. The van der Waals surface area contributed by atoms with Crippen LogP contribution in [0.2, 0.25) is 0 Å². The average Bonchev–Trinajstić information content (AvgIpc) is 3.11. The zero-order chi connectivity index (χ0) is 22.7. The van der Waals surface area contributed by atoms with Gasteiger partial charge in [0.25, 0.3) is 0 Å². The number of ether oxygens (including phenoxy) is 1. The molecule has 0 aliphatic carbocycles. The van der Waals surface area contributed by atoms with E-state index in [4.69, 9.17) is 4.74 Å². The molecular formula is C24H26BrN3O3S. The van der Waals surface area contributed by atoms with Gasteiger partial charge in [0, 0.05) is 45.2 Å². The molecule has 3 aromatic rings. The number of benzene rings is 2. The molecule has 32 heavy (non-hydrogen) atoms. The van der Waals surface area contributed by atoms with Crippen molar-refractivity contribution >= 4 is 56.1 Å². The maximum Gasteiger partial charge on any atom is 0.242 e. The molecule has 2 heterocycles. The lowest BCUT2D eigenvalue weighted by atomic mass is 10.2. The minimum absolute atomic E-state index is 0.0412.